The summed E-state index contributed by atoms with van der Waals surface area (Å²) in [5, 5.41) is 0. The highest BCUT2D eigenvalue weighted by molar-refractivity contribution is 8.65. The molecule has 0 aliphatic carbocycles. The van der Waals surface area contributed by atoms with Gasteiger partial charge in [-0.3, -0.25) is 0 Å². The van der Waals surface area contributed by atoms with E-state index in [0.29, 0.717) is 16.5 Å². The number of thiol groups is 1. The Hall–Kier alpha value is -1.01. The second-order valence-corrected chi connectivity index (χ2v) is 3.00. The van der Waals surface area contributed by atoms with Crippen molar-refractivity contribution in [2.75, 3.05) is 0 Å². The molecule has 0 radical (unpaired) electrons. The van der Waals surface area contributed by atoms with Crippen molar-refractivity contribution in [3.8, 4) is 0 Å². The minimum atomic E-state index is -0.697. The second-order valence-electron chi connectivity index (χ2n) is 2.05. The topological polar surface area (TPSA) is 46.4 Å². The molecule has 0 spiro atoms. The molecular weight excluding hydrogens is 210 g/mol. The van der Waals surface area contributed by atoms with Crippen LogP contribution in [0.3, 0.4) is 0 Å². The van der Waals surface area contributed by atoms with Gasteiger partial charge in [0, 0.05) is 0 Å². The monoisotopic (exact) mass is 216 g/mol. The highest BCUT2D eigenvalue weighted by Gasteiger charge is 2.19. The van der Waals surface area contributed by atoms with Crippen molar-refractivity contribution in [2.45, 2.75) is 0 Å². The van der Waals surface area contributed by atoms with Gasteiger partial charge in [-0.25, -0.2) is 4.79 Å². The fourth-order valence-corrected chi connectivity index (χ4v) is 0.912. The van der Waals surface area contributed by atoms with Gasteiger partial charge in [-0.1, -0.05) is 18.2 Å². The summed E-state index contributed by atoms with van der Waals surface area (Å²) in [5.41, 5.74) is 0.325. The van der Waals surface area contributed by atoms with E-state index < -0.39 is 5.97 Å². The predicted molar refractivity (Wildman–Crippen MR) is 52.1 cm³/mol. The van der Waals surface area contributed by atoms with Crippen molar-refractivity contribution in [1.29, 1.82) is 0 Å². The molecule has 1 rings (SSSR count). The van der Waals surface area contributed by atoms with Crippen molar-refractivity contribution in [3.05, 3.63) is 40.8 Å². The summed E-state index contributed by atoms with van der Waals surface area (Å²) >= 11 is 3.56. The number of nitrogens with zero attached hydrogens (tertiary/aromatic N) is 1. The molecule has 0 saturated carbocycles. The first kappa shape index (κ1) is 10.1. The van der Waals surface area contributed by atoms with Gasteiger partial charge >= 0.3 is 21.3 Å². The van der Waals surface area contributed by atoms with Crippen molar-refractivity contribution in [3.63, 3.8) is 0 Å². The lowest BCUT2D eigenvalue weighted by atomic mass is 10.2. The molecule has 6 heteroatoms. The Kier molecular flexibility index (Phi) is 3.78. The van der Waals surface area contributed by atoms with Crippen LogP contribution >= 0.6 is 22.6 Å². The van der Waals surface area contributed by atoms with Crippen LogP contribution in [0.4, 0.5) is 0 Å². The molecule has 0 amide bonds. The lowest BCUT2D eigenvalue weighted by Crippen LogP contribution is -2.08. The number of carbonyl (C=O) groups is 1. The summed E-state index contributed by atoms with van der Waals surface area (Å²) in [6.07, 6.45) is 0. The zero-order chi connectivity index (χ0) is 9.68. The first-order valence-corrected chi connectivity index (χ1v) is 5.12. The van der Waals surface area contributed by atoms with Crippen LogP contribution in [0, 0.1) is 4.91 Å². The number of hydrogen-bond acceptors (Lipinski definition) is 5. The third-order valence-corrected chi connectivity index (χ3v) is 1.84. The van der Waals surface area contributed by atoms with E-state index in [1.54, 1.807) is 30.3 Å². The molecule has 68 valence electrons. The fraction of sp³-hybridized carbons (Fsp3) is 0. The molecule has 0 unspecified atom stereocenters. The third-order valence-electron chi connectivity index (χ3n) is 1.23. The number of carbonyl (C=O) groups excluding carboxylic acids is 1. The van der Waals surface area contributed by atoms with E-state index in [0.717, 1.165) is 0 Å². The Morgan fingerprint density at radius 3 is 2.54 bits per heavy atom. The molecule has 0 bridgehead atoms. The highest BCUT2D eigenvalue weighted by Crippen LogP contribution is 2.09. The van der Waals surface area contributed by atoms with E-state index in [4.69, 9.17) is 0 Å². The average Bonchev–Trinajstić information content (AvgIpc) is 2.19. The Labute approximate surface area is 83.7 Å². The largest absolute Gasteiger partial charge is 0.417 e. The van der Waals surface area contributed by atoms with E-state index >= 15 is 0 Å². The minimum absolute atomic E-state index is 0.0262. The summed E-state index contributed by atoms with van der Waals surface area (Å²) in [5.74, 6) is -0.697. The van der Waals surface area contributed by atoms with Crippen LogP contribution in [0.2, 0.25) is 0 Å². The van der Waals surface area contributed by atoms with Crippen molar-refractivity contribution in [1.82, 2.24) is 0 Å². The molecule has 1 aromatic carbocycles. The van der Waals surface area contributed by atoms with Crippen LogP contribution in [-0.4, -0.2) is 10.3 Å². The summed E-state index contributed by atoms with van der Waals surface area (Å²) < 4.78 is 0.0262. The zero-order valence-corrected chi connectivity index (χ0v) is 8.13. The van der Waals surface area contributed by atoms with Gasteiger partial charge in [-0.05, 0) is 23.8 Å². The third kappa shape index (κ3) is 3.08. The van der Waals surface area contributed by atoms with Gasteiger partial charge in [-0.2, -0.15) is 0 Å². The molecule has 0 aromatic heterocycles. The van der Waals surface area contributed by atoms with Gasteiger partial charge in [0.1, 0.15) is 0 Å². The van der Waals surface area contributed by atoms with Crippen LogP contribution in [0.15, 0.2) is 30.3 Å². The summed E-state index contributed by atoms with van der Waals surface area (Å²) in [7, 11) is 0.477. The SMILES string of the molecule is O=C(O[N+](=O)SS)c1ccccc1. The van der Waals surface area contributed by atoms with Crippen LogP contribution < -0.4 is 0 Å². The Morgan fingerprint density at radius 1 is 1.38 bits per heavy atom. The predicted octanol–water partition coefficient (Wildman–Crippen LogP) is 2.03. The zero-order valence-electron chi connectivity index (χ0n) is 6.41. The number of benzene rings is 1. The molecule has 0 saturated heterocycles. The molecule has 0 aliphatic rings. The first-order chi connectivity index (χ1) is 6.24. The van der Waals surface area contributed by atoms with E-state index in [1.165, 1.54) is 0 Å². The molecule has 0 atom stereocenters. The van der Waals surface area contributed by atoms with Crippen molar-refractivity contribution >= 4 is 28.6 Å². The lowest BCUT2D eigenvalue weighted by molar-refractivity contribution is -0.644. The van der Waals surface area contributed by atoms with Gasteiger partial charge in [0.25, 0.3) is 0 Å². The Morgan fingerprint density at radius 2 is 2.00 bits per heavy atom. The molecule has 0 aliphatic heterocycles. The maximum absolute atomic E-state index is 11.1. The van der Waals surface area contributed by atoms with Gasteiger partial charge in [0.15, 0.2) is 0 Å². The summed E-state index contributed by atoms with van der Waals surface area (Å²) in [6.45, 7) is 0. The van der Waals surface area contributed by atoms with Gasteiger partial charge < -0.3 is 0 Å². The van der Waals surface area contributed by atoms with E-state index in [-0.39, 0.29) is 4.33 Å². The van der Waals surface area contributed by atoms with Gasteiger partial charge in [0.05, 0.1) is 10.5 Å². The first-order valence-electron chi connectivity index (χ1n) is 3.30. The van der Waals surface area contributed by atoms with Gasteiger partial charge in [0.2, 0.25) is 0 Å². The summed E-state index contributed by atoms with van der Waals surface area (Å²) in [4.78, 5) is 26.0. The smallest absolute Gasteiger partial charge is 0.238 e. The lowest BCUT2D eigenvalue weighted by Gasteiger charge is -1.91. The molecule has 1 aromatic rings. The van der Waals surface area contributed by atoms with Crippen LogP contribution in [0.1, 0.15) is 10.4 Å². The van der Waals surface area contributed by atoms with E-state index in [9.17, 15) is 9.70 Å². The van der Waals surface area contributed by atoms with E-state index in [2.05, 4.69) is 16.5 Å². The maximum atomic E-state index is 11.1. The second kappa shape index (κ2) is 4.88. The van der Waals surface area contributed by atoms with Gasteiger partial charge in [-0.15, -0.1) is 4.84 Å². The Balaban J connectivity index is 2.65. The van der Waals surface area contributed by atoms with E-state index in [1.807, 2.05) is 0 Å². The standard InChI is InChI=1S/C7H5NO3S2/c9-7(11-8(10)13-12)6-4-2-1-3-5-6/h1-5H/p+1. The van der Waals surface area contributed by atoms with Crippen molar-refractivity contribution < 1.29 is 14.0 Å². The maximum Gasteiger partial charge on any atom is 0.417 e. The number of rotatable bonds is 3. The molecule has 0 N–H and O–H groups in total. The molecular formula is C7H6NO3S2+. The molecule has 0 heterocycles. The van der Waals surface area contributed by atoms with Crippen LogP contribution in [-0.2, 0) is 4.84 Å². The summed E-state index contributed by atoms with van der Waals surface area (Å²) in [6, 6.07) is 8.23. The minimum Gasteiger partial charge on any atom is -0.238 e. The number of hydrogen-bond donors (Lipinski definition) is 1. The molecule has 13 heavy (non-hydrogen) atoms. The fourth-order valence-electron chi connectivity index (χ4n) is 0.711. The normalized spacial score (nSPS) is 9.31. The highest BCUT2D eigenvalue weighted by atomic mass is 33.1. The molecule has 4 nitrogen and oxygen atoms in total. The quantitative estimate of drug-likeness (QED) is 0.363. The molecule has 0 fully saturated rings. The van der Waals surface area contributed by atoms with Crippen LogP contribution in [0.25, 0.3) is 0 Å². The average molecular weight is 216 g/mol. The Bertz CT molecular complexity index is 315. The van der Waals surface area contributed by atoms with Crippen LogP contribution in [0.5, 0.6) is 0 Å². The van der Waals surface area contributed by atoms with Crippen molar-refractivity contribution in [2.24, 2.45) is 0 Å².